The fourth-order valence-corrected chi connectivity index (χ4v) is 3.56. The number of methoxy groups -OCH3 is 1. The molecule has 1 atom stereocenters. The van der Waals surface area contributed by atoms with Crippen molar-refractivity contribution in [2.75, 3.05) is 53.2 Å². The summed E-state index contributed by atoms with van der Waals surface area (Å²) in [6.07, 6.45) is 3.37. The lowest BCUT2D eigenvalue weighted by atomic mass is 10.1. The van der Waals surface area contributed by atoms with Crippen LogP contribution in [0, 0.1) is 0 Å². The summed E-state index contributed by atoms with van der Waals surface area (Å²) in [4.78, 5) is 7.30. The molecule has 0 aromatic heterocycles. The number of hydrogen-bond acceptors (Lipinski definition) is 5. The zero-order chi connectivity index (χ0) is 18.9. The van der Waals surface area contributed by atoms with E-state index >= 15 is 0 Å². The van der Waals surface area contributed by atoms with E-state index in [1.165, 1.54) is 18.4 Å². The van der Waals surface area contributed by atoms with Crippen molar-refractivity contribution in [3.8, 4) is 11.5 Å². The van der Waals surface area contributed by atoms with E-state index < -0.39 is 0 Å². The van der Waals surface area contributed by atoms with Gasteiger partial charge in [-0.15, -0.1) is 24.0 Å². The Labute approximate surface area is 185 Å². The average molecular weight is 504 g/mol. The largest absolute Gasteiger partial charge is 0.454 e. The molecule has 1 aromatic carbocycles. The Hall–Kier alpha value is -1.26. The smallest absolute Gasteiger partial charge is 0.231 e. The summed E-state index contributed by atoms with van der Waals surface area (Å²) in [7, 11) is 1.76. The molecule has 0 radical (unpaired) electrons. The SMILES string of the molecule is CCNC(=NCC1CCCN1CCOC)NCCc1ccc2c(c1)OCO2.I. The van der Waals surface area contributed by atoms with Crippen molar-refractivity contribution in [2.24, 2.45) is 4.99 Å². The molecule has 8 heteroatoms. The molecule has 158 valence electrons. The zero-order valence-corrected chi connectivity index (χ0v) is 19.2. The highest BCUT2D eigenvalue weighted by atomic mass is 127. The normalized spacial score (nSPS) is 18.8. The van der Waals surface area contributed by atoms with Crippen molar-refractivity contribution in [2.45, 2.75) is 32.2 Å². The van der Waals surface area contributed by atoms with Crippen LogP contribution in [0.2, 0.25) is 0 Å². The highest BCUT2D eigenvalue weighted by molar-refractivity contribution is 14.0. The Morgan fingerprint density at radius 3 is 2.96 bits per heavy atom. The molecule has 2 heterocycles. The third kappa shape index (κ3) is 6.66. The lowest BCUT2D eigenvalue weighted by Gasteiger charge is -2.23. The van der Waals surface area contributed by atoms with Crippen LogP contribution in [0.15, 0.2) is 23.2 Å². The van der Waals surface area contributed by atoms with Crippen LogP contribution in [-0.4, -0.2) is 70.1 Å². The number of aliphatic imine (C=N–C) groups is 1. The monoisotopic (exact) mass is 504 g/mol. The lowest BCUT2D eigenvalue weighted by Crippen LogP contribution is -2.40. The van der Waals surface area contributed by atoms with Crippen molar-refractivity contribution in [3.63, 3.8) is 0 Å². The van der Waals surface area contributed by atoms with Crippen LogP contribution in [0.1, 0.15) is 25.3 Å². The van der Waals surface area contributed by atoms with E-state index in [1.807, 2.05) is 6.07 Å². The Morgan fingerprint density at radius 2 is 2.14 bits per heavy atom. The summed E-state index contributed by atoms with van der Waals surface area (Å²) in [5.74, 6) is 2.55. The predicted molar refractivity (Wildman–Crippen MR) is 122 cm³/mol. The Kier molecular flexibility index (Phi) is 10.1. The van der Waals surface area contributed by atoms with Gasteiger partial charge in [0.25, 0.3) is 0 Å². The molecule has 1 fully saturated rings. The third-order valence-electron chi connectivity index (χ3n) is 5.03. The van der Waals surface area contributed by atoms with Crippen molar-refractivity contribution in [3.05, 3.63) is 23.8 Å². The van der Waals surface area contributed by atoms with E-state index in [4.69, 9.17) is 19.2 Å². The molecule has 0 spiro atoms. The molecule has 2 aliphatic rings. The topological polar surface area (TPSA) is 67.4 Å². The Bertz CT molecular complexity index is 629. The number of likely N-dealkylation sites (tertiary alicyclic amines) is 1. The summed E-state index contributed by atoms with van der Waals surface area (Å²) in [5, 5.41) is 6.79. The lowest BCUT2D eigenvalue weighted by molar-refractivity contribution is 0.142. The second-order valence-electron chi connectivity index (χ2n) is 6.91. The molecule has 1 unspecified atom stereocenters. The number of benzene rings is 1. The molecule has 0 aliphatic carbocycles. The van der Waals surface area contributed by atoms with Crippen LogP contribution in [0.25, 0.3) is 0 Å². The summed E-state index contributed by atoms with van der Waals surface area (Å²) in [5.41, 5.74) is 1.23. The summed E-state index contributed by atoms with van der Waals surface area (Å²) >= 11 is 0. The van der Waals surface area contributed by atoms with E-state index in [9.17, 15) is 0 Å². The van der Waals surface area contributed by atoms with Gasteiger partial charge < -0.3 is 24.8 Å². The van der Waals surface area contributed by atoms with E-state index in [0.717, 1.165) is 63.2 Å². The molecular formula is C20H33IN4O3. The van der Waals surface area contributed by atoms with E-state index in [2.05, 4.69) is 34.6 Å². The average Bonchev–Trinajstić information content (AvgIpc) is 3.33. The van der Waals surface area contributed by atoms with Crippen LogP contribution >= 0.6 is 24.0 Å². The van der Waals surface area contributed by atoms with E-state index in [0.29, 0.717) is 12.8 Å². The first-order valence-corrected chi connectivity index (χ1v) is 9.94. The summed E-state index contributed by atoms with van der Waals surface area (Å²) < 4.78 is 16.0. The van der Waals surface area contributed by atoms with Gasteiger partial charge in [0.1, 0.15) is 0 Å². The van der Waals surface area contributed by atoms with E-state index in [1.54, 1.807) is 7.11 Å². The molecule has 0 saturated carbocycles. The highest BCUT2D eigenvalue weighted by Crippen LogP contribution is 2.32. The van der Waals surface area contributed by atoms with Crippen LogP contribution in [0.4, 0.5) is 0 Å². The minimum absolute atomic E-state index is 0. The molecule has 1 saturated heterocycles. The Morgan fingerprint density at radius 1 is 1.29 bits per heavy atom. The quantitative estimate of drug-likeness (QED) is 0.306. The fourth-order valence-electron chi connectivity index (χ4n) is 3.56. The molecule has 0 amide bonds. The first kappa shape index (κ1) is 23.0. The summed E-state index contributed by atoms with van der Waals surface area (Å²) in [6, 6.07) is 6.64. The third-order valence-corrected chi connectivity index (χ3v) is 5.03. The second kappa shape index (κ2) is 12.3. The van der Waals surface area contributed by atoms with Gasteiger partial charge >= 0.3 is 0 Å². The molecule has 3 rings (SSSR count). The number of fused-ring (bicyclic) bond motifs is 1. The van der Waals surface area contributed by atoms with Gasteiger partial charge in [0.15, 0.2) is 17.5 Å². The number of hydrogen-bond donors (Lipinski definition) is 2. The highest BCUT2D eigenvalue weighted by Gasteiger charge is 2.23. The van der Waals surface area contributed by atoms with E-state index in [-0.39, 0.29) is 24.0 Å². The predicted octanol–water partition coefficient (Wildman–Crippen LogP) is 2.24. The maximum atomic E-state index is 5.45. The van der Waals surface area contributed by atoms with Gasteiger partial charge in [-0.1, -0.05) is 6.07 Å². The van der Waals surface area contributed by atoms with Crippen molar-refractivity contribution in [1.82, 2.24) is 15.5 Å². The molecule has 7 nitrogen and oxygen atoms in total. The minimum Gasteiger partial charge on any atom is -0.454 e. The standard InChI is InChI=1S/C20H32N4O3.HI/c1-3-21-20(23-14-17-5-4-10-24(17)11-12-25-2)22-9-8-16-6-7-18-19(13-16)27-15-26-18;/h6-7,13,17H,3-5,8-12,14-15H2,1-2H3,(H2,21,22,23);1H. The first-order chi connectivity index (χ1) is 13.3. The van der Waals surface area contributed by atoms with Crippen molar-refractivity contribution < 1.29 is 14.2 Å². The van der Waals surface area contributed by atoms with Gasteiger partial charge in [-0.2, -0.15) is 0 Å². The van der Waals surface area contributed by atoms with Crippen molar-refractivity contribution in [1.29, 1.82) is 0 Å². The van der Waals surface area contributed by atoms with Gasteiger partial charge in [-0.25, -0.2) is 0 Å². The zero-order valence-electron chi connectivity index (χ0n) is 16.9. The minimum atomic E-state index is 0. The first-order valence-electron chi connectivity index (χ1n) is 9.94. The number of ether oxygens (including phenoxy) is 3. The number of nitrogens with zero attached hydrogens (tertiary/aromatic N) is 2. The van der Waals surface area contributed by atoms with Gasteiger partial charge in [0.05, 0.1) is 13.2 Å². The molecule has 1 aromatic rings. The van der Waals surface area contributed by atoms with Crippen LogP contribution in [0.3, 0.4) is 0 Å². The van der Waals surface area contributed by atoms with Crippen LogP contribution < -0.4 is 20.1 Å². The molecule has 0 bridgehead atoms. The van der Waals surface area contributed by atoms with Crippen LogP contribution in [-0.2, 0) is 11.2 Å². The fraction of sp³-hybridized carbons (Fsp3) is 0.650. The molecular weight excluding hydrogens is 471 g/mol. The number of nitrogens with one attached hydrogen (secondary N) is 2. The number of halogens is 1. The maximum Gasteiger partial charge on any atom is 0.231 e. The molecule has 2 aliphatic heterocycles. The number of guanidine groups is 1. The maximum absolute atomic E-state index is 5.45. The second-order valence-corrected chi connectivity index (χ2v) is 6.91. The number of rotatable bonds is 9. The molecule has 2 N–H and O–H groups in total. The Balaban J connectivity index is 0.00000280. The summed E-state index contributed by atoms with van der Waals surface area (Å²) in [6.45, 7) is 7.84. The van der Waals surface area contributed by atoms with Gasteiger partial charge in [0.2, 0.25) is 6.79 Å². The van der Waals surface area contributed by atoms with Gasteiger partial charge in [-0.3, -0.25) is 9.89 Å². The van der Waals surface area contributed by atoms with Gasteiger partial charge in [0, 0.05) is 32.8 Å². The van der Waals surface area contributed by atoms with Gasteiger partial charge in [-0.05, 0) is 50.4 Å². The van der Waals surface area contributed by atoms with Crippen LogP contribution in [0.5, 0.6) is 11.5 Å². The van der Waals surface area contributed by atoms with Crippen molar-refractivity contribution >= 4 is 29.9 Å². The molecule has 28 heavy (non-hydrogen) atoms.